The van der Waals surface area contributed by atoms with E-state index in [9.17, 15) is 4.79 Å². The lowest BCUT2D eigenvalue weighted by atomic mass is 10.1. The third kappa shape index (κ3) is 2.02. The highest BCUT2D eigenvalue weighted by Crippen LogP contribution is 2.18. The summed E-state index contributed by atoms with van der Waals surface area (Å²) in [5.74, 6) is -0.458. The van der Waals surface area contributed by atoms with Gasteiger partial charge in [-0.05, 0) is 11.6 Å². The molecular weight excluding hydrogens is 188 g/mol. The highest BCUT2D eigenvalue weighted by Gasteiger charge is 2.03. The van der Waals surface area contributed by atoms with Crippen LogP contribution in [0.25, 0.3) is 11.1 Å². The van der Waals surface area contributed by atoms with Crippen LogP contribution in [0, 0.1) is 0 Å². The Kier molecular flexibility index (Phi) is 2.46. The Hall–Kier alpha value is -2.16. The molecule has 0 spiro atoms. The van der Waals surface area contributed by atoms with Crippen LogP contribution in [-0.4, -0.2) is 10.9 Å². The number of amides is 1. The van der Waals surface area contributed by atoms with E-state index in [1.165, 1.54) is 6.20 Å². The SMILES string of the molecule is NC(=O)c1cncc(-c2ccccc2)c1. The van der Waals surface area contributed by atoms with Crippen molar-refractivity contribution < 1.29 is 4.79 Å². The number of nitrogens with zero attached hydrogens (tertiary/aromatic N) is 1. The summed E-state index contributed by atoms with van der Waals surface area (Å²) < 4.78 is 0. The van der Waals surface area contributed by atoms with Crippen molar-refractivity contribution >= 4 is 5.91 Å². The van der Waals surface area contributed by atoms with Gasteiger partial charge in [-0.15, -0.1) is 0 Å². The molecule has 74 valence electrons. The van der Waals surface area contributed by atoms with Gasteiger partial charge in [-0.3, -0.25) is 9.78 Å². The summed E-state index contributed by atoms with van der Waals surface area (Å²) in [6, 6.07) is 11.5. The third-order valence-electron chi connectivity index (χ3n) is 2.13. The topological polar surface area (TPSA) is 56.0 Å². The molecule has 3 heteroatoms. The number of carbonyl (C=O) groups excluding carboxylic acids is 1. The lowest BCUT2D eigenvalue weighted by molar-refractivity contribution is 0.1000. The maximum Gasteiger partial charge on any atom is 0.250 e. The average Bonchev–Trinajstić information content (AvgIpc) is 2.30. The number of hydrogen-bond donors (Lipinski definition) is 1. The Balaban J connectivity index is 2.46. The van der Waals surface area contributed by atoms with Gasteiger partial charge < -0.3 is 5.73 Å². The summed E-state index contributed by atoms with van der Waals surface area (Å²) >= 11 is 0. The maximum atomic E-state index is 11.0. The Morgan fingerprint density at radius 1 is 1.07 bits per heavy atom. The number of primary amides is 1. The highest BCUT2D eigenvalue weighted by atomic mass is 16.1. The van der Waals surface area contributed by atoms with E-state index in [0.29, 0.717) is 5.56 Å². The number of hydrogen-bond acceptors (Lipinski definition) is 2. The van der Waals surface area contributed by atoms with E-state index in [2.05, 4.69) is 4.98 Å². The molecular formula is C12H10N2O. The minimum absolute atomic E-state index is 0.427. The van der Waals surface area contributed by atoms with Crippen LogP contribution >= 0.6 is 0 Å². The summed E-state index contributed by atoms with van der Waals surface area (Å²) in [6.07, 6.45) is 3.18. The molecule has 1 aromatic carbocycles. The molecule has 0 saturated heterocycles. The van der Waals surface area contributed by atoms with E-state index in [0.717, 1.165) is 11.1 Å². The molecule has 0 atom stereocenters. The Bertz CT molecular complexity index is 480. The molecule has 15 heavy (non-hydrogen) atoms. The first kappa shape index (κ1) is 9.40. The van der Waals surface area contributed by atoms with Crippen molar-refractivity contribution in [3.63, 3.8) is 0 Å². The first-order valence-corrected chi connectivity index (χ1v) is 4.57. The van der Waals surface area contributed by atoms with E-state index in [1.54, 1.807) is 12.3 Å². The number of nitrogens with two attached hydrogens (primary N) is 1. The summed E-state index contributed by atoms with van der Waals surface area (Å²) in [6.45, 7) is 0. The van der Waals surface area contributed by atoms with Gasteiger partial charge in [0, 0.05) is 18.0 Å². The first-order chi connectivity index (χ1) is 7.27. The predicted molar refractivity (Wildman–Crippen MR) is 58.2 cm³/mol. The zero-order valence-corrected chi connectivity index (χ0v) is 8.05. The fourth-order valence-electron chi connectivity index (χ4n) is 1.36. The van der Waals surface area contributed by atoms with Gasteiger partial charge >= 0.3 is 0 Å². The summed E-state index contributed by atoms with van der Waals surface area (Å²) in [5, 5.41) is 0. The van der Waals surface area contributed by atoms with Crippen molar-refractivity contribution in [1.82, 2.24) is 4.98 Å². The minimum atomic E-state index is -0.458. The fraction of sp³-hybridized carbons (Fsp3) is 0. The normalized spacial score (nSPS) is 9.87. The van der Waals surface area contributed by atoms with Crippen LogP contribution in [0.5, 0.6) is 0 Å². The van der Waals surface area contributed by atoms with Gasteiger partial charge in [0.2, 0.25) is 5.91 Å². The molecule has 3 nitrogen and oxygen atoms in total. The molecule has 2 rings (SSSR count). The van der Waals surface area contributed by atoms with Crippen molar-refractivity contribution in [2.45, 2.75) is 0 Å². The van der Waals surface area contributed by atoms with E-state index in [-0.39, 0.29) is 0 Å². The minimum Gasteiger partial charge on any atom is -0.366 e. The zero-order valence-electron chi connectivity index (χ0n) is 8.05. The van der Waals surface area contributed by atoms with Crippen LogP contribution in [0.4, 0.5) is 0 Å². The Morgan fingerprint density at radius 3 is 2.47 bits per heavy atom. The van der Waals surface area contributed by atoms with E-state index in [4.69, 9.17) is 5.73 Å². The van der Waals surface area contributed by atoms with Gasteiger partial charge in [-0.25, -0.2) is 0 Å². The van der Waals surface area contributed by atoms with Crippen LogP contribution in [0.3, 0.4) is 0 Å². The van der Waals surface area contributed by atoms with Crippen molar-refractivity contribution in [3.05, 3.63) is 54.4 Å². The molecule has 1 heterocycles. The number of aromatic nitrogens is 1. The first-order valence-electron chi connectivity index (χ1n) is 4.57. The summed E-state index contributed by atoms with van der Waals surface area (Å²) in [4.78, 5) is 14.9. The third-order valence-corrected chi connectivity index (χ3v) is 2.13. The fourth-order valence-corrected chi connectivity index (χ4v) is 1.36. The number of pyridine rings is 1. The standard InChI is InChI=1S/C12H10N2O/c13-12(15)11-6-10(7-14-8-11)9-4-2-1-3-5-9/h1-8H,(H2,13,15). The van der Waals surface area contributed by atoms with Crippen LogP contribution < -0.4 is 5.73 Å². The van der Waals surface area contributed by atoms with Crippen LogP contribution in [-0.2, 0) is 0 Å². The van der Waals surface area contributed by atoms with Gasteiger partial charge in [0.05, 0.1) is 5.56 Å². The lowest BCUT2D eigenvalue weighted by Gasteiger charge is -2.01. The van der Waals surface area contributed by atoms with Gasteiger partial charge in [0.25, 0.3) is 0 Å². The average molecular weight is 198 g/mol. The number of benzene rings is 1. The second-order valence-electron chi connectivity index (χ2n) is 3.19. The summed E-state index contributed by atoms with van der Waals surface area (Å²) in [5.41, 5.74) is 7.53. The second-order valence-corrected chi connectivity index (χ2v) is 3.19. The van der Waals surface area contributed by atoms with Crippen LogP contribution in [0.2, 0.25) is 0 Å². The molecule has 1 amide bonds. The smallest absolute Gasteiger partial charge is 0.250 e. The number of carbonyl (C=O) groups is 1. The van der Waals surface area contributed by atoms with Crippen LogP contribution in [0.1, 0.15) is 10.4 Å². The molecule has 0 bridgehead atoms. The molecule has 2 N–H and O–H groups in total. The van der Waals surface area contributed by atoms with Crippen molar-refractivity contribution in [2.24, 2.45) is 5.73 Å². The largest absolute Gasteiger partial charge is 0.366 e. The van der Waals surface area contributed by atoms with E-state index >= 15 is 0 Å². The monoisotopic (exact) mass is 198 g/mol. The number of rotatable bonds is 2. The molecule has 2 aromatic rings. The van der Waals surface area contributed by atoms with E-state index in [1.807, 2.05) is 30.3 Å². The highest BCUT2D eigenvalue weighted by molar-refractivity contribution is 5.93. The van der Waals surface area contributed by atoms with Crippen molar-refractivity contribution in [1.29, 1.82) is 0 Å². The molecule has 0 unspecified atom stereocenters. The molecule has 0 fully saturated rings. The molecule has 0 aliphatic rings. The summed E-state index contributed by atoms with van der Waals surface area (Å²) in [7, 11) is 0. The van der Waals surface area contributed by atoms with Gasteiger partial charge in [-0.1, -0.05) is 30.3 Å². The quantitative estimate of drug-likeness (QED) is 0.800. The Morgan fingerprint density at radius 2 is 1.80 bits per heavy atom. The van der Waals surface area contributed by atoms with Crippen molar-refractivity contribution in [3.8, 4) is 11.1 Å². The molecule has 0 saturated carbocycles. The maximum absolute atomic E-state index is 11.0. The Labute approximate surface area is 87.6 Å². The van der Waals surface area contributed by atoms with E-state index < -0.39 is 5.91 Å². The van der Waals surface area contributed by atoms with Crippen molar-refractivity contribution in [2.75, 3.05) is 0 Å². The van der Waals surface area contributed by atoms with Gasteiger partial charge in [-0.2, -0.15) is 0 Å². The molecule has 0 aliphatic heterocycles. The molecule has 0 radical (unpaired) electrons. The van der Waals surface area contributed by atoms with Gasteiger partial charge in [0.1, 0.15) is 0 Å². The lowest BCUT2D eigenvalue weighted by Crippen LogP contribution is -2.11. The van der Waals surface area contributed by atoms with Crippen LogP contribution in [0.15, 0.2) is 48.8 Å². The molecule has 1 aromatic heterocycles. The second kappa shape index (κ2) is 3.92. The predicted octanol–water partition coefficient (Wildman–Crippen LogP) is 1.85. The molecule has 0 aliphatic carbocycles. The van der Waals surface area contributed by atoms with Gasteiger partial charge in [0.15, 0.2) is 0 Å². The zero-order chi connectivity index (χ0) is 10.7.